The average Bonchev–Trinajstić information content (AvgIpc) is 3.00. The molecule has 1 aromatic carbocycles. The first-order valence-electron chi connectivity index (χ1n) is 5.05. The van der Waals surface area contributed by atoms with E-state index in [-0.39, 0.29) is 16.7 Å². The monoisotopic (exact) mass is 220 g/mol. The Morgan fingerprint density at radius 3 is 3.00 bits per heavy atom. The van der Waals surface area contributed by atoms with Gasteiger partial charge in [-0.05, 0) is 18.6 Å². The van der Waals surface area contributed by atoms with Gasteiger partial charge < -0.3 is 5.11 Å². The second-order valence-corrected chi connectivity index (χ2v) is 3.95. The number of hydrogen-bond donors (Lipinski definition) is 1. The molecule has 1 fully saturated rings. The van der Waals surface area contributed by atoms with E-state index in [0.717, 1.165) is 5.56 Å². The predicted molar refractivity (Wildman–Crippen MR) is 59.6 cm³/mol. The second kappa shape index (κ2) is 3.92. The highest BCUT2D eigenvalue weighted by atomic mass is 16.6. The number of rotatable bonds is 3. The Labute approximate surface area is 92.6 Å². The number of nitro groups is 1. The zero-order chi connectivity index (χ0) is 11.7. The summed E-state index contributed by atoms with van der Waals surface area (Å²) in [6, 6.07) is 4.57. The molecular formula is C11H12N2O3. The molecule has 0 radical (unpaired) electrons. The van der Waals surface area contributed by atoms with Crippen LogP contribution in [0.2, 0.25) is 0 Å². The molecule has 1 aromatic rings. The third kappa shape index (κ3) is 2.03. The normalized spacial score (nSPS) is 23.6. The van der Waals surface area contributed by atoms with Gasteiger partial charge in [0.1, 0.15) is 11.8 Å². The van der Waals surface area contributed by atoms with Gasteiger partial charge in [-0.25, -0.2) is 0 Å². The Bertz CT molecular complexity index is 457. The zero-order valence-electron chi connectivity index (χ0n) is 8.83. The van der Waals surface area contributed by atoms with E-state index < -0.39 is 6.04 Å². The van der Waals surface area contributed by atoms with Crippen molar-refractivity contribution in [3.05, 3.63) is 39.4 Å². The molecule has 84 valence electrons. The van der Waals surface area contributed by atoms with Crippen LogP contribution in [0.4, 0.5) is 0 Å². The number of phenolic OH excluding ortho intramolecular Hbond substituents is 1. The predicted octanol–water partition coefficient (Wildman–Crippen LogP) is 1.54. The van der Waals surface area contributed by atoms with E-state index in [1.54, 1.807) is 19.1 Å². The minimum atomic E-state index is -0.539. The summed E-state index contributed by atoms with van der Waals surface area (Å²) in [4.78, 5) is 14.2. The Balaban J connectivity index is 2.08. The van der Waals surface area contributed by atoms with Crippen LogP contribution >= 0.6 is 0 Å². The summed E-state index contributed by atoms with van der Waals surface area (Å²) in [6.45, 7) is 1.80. The molecule has 0 bridgehead atoms. The Hall–Kier alpha value is -1.91. The highest BCUT2D eigenvalue weighted by Crippen LogP contribution is 2.28. The molecule has 0 amide bonds. The van der Waals surface area contributed by atoms with Gasteiger partial charge in [-0.2, -0.15) is 0 Å². The van der Waals surface area contributed by atoms with Gasteiger partial charge in [-0.15, -0.1) is 0 Å². The lowest BCUT2D eigenvalue weighted by Gasteiger charge is -2.00. The summed E-state index contributed by atoms with van der Waals surface area (Å²) < 4.78 is 0. The molecule has 1 aliphatic rings. The van der Waals surface area contributed by atoms with Gasteiger partial charge in [0.25, 0.3) is 0 Å². The van der Waals surface area contributed by atoms with Crippen LogP contribution < -0.4 is 0 Å². The second-order valence-electron chi connectivity index (χ2n) is 3.95. The molecule has 5 nitrogen and oxygen atoms in total. The van der Waals surface area contributed by atoms with Crippen LogP contribution in [0.1, 0.15) is 17.5 Å². The van der Waals surface area contributed by atoms with Crippen LogP contribution in [-0.2, 0) is 0 Å². The fourth-order valence-electron chi connectivity index (χ4n) is 1.52. The van der Waals surface area contributed by atoms with Gasteiger partial charge in [-0.1, -0.05) is 12.1 Å². The van der Waals surface area contributed by atoms with E-state index in [1.807, 2.05) is 6.07 Å². The van der Waals surface area contributed by atoms with Crippen molar-refractivity contribution in [2.75, 3.05) is 0 Å². The van der Waals surface area contributed by atoms with Gasteiger partial charge >= 0.3 is 0 Å². The van der Waals surface area contributed by atoms with Crippen LogP contribution in [0.15, 0.2) is 23.2 Å². The molecule has 2 atom stereocenters. The molecule has 5 heteroatoms. The van der Waals surface area contributed by atoms with E-state index in [2.05, 4.69) is 4.99 Å². The van der Waals surface area contributed by atoms with E-state index >= 15 is 0 Å². The van der Waals surface area contributed by atoms with Gasteiger partial charge in [0.05, 0.1) is 0 Å². The van der Waals surface area contributed by atoms with E-state index in [1.165, 1.54) is 6.21 Å². The highest BCUT2D eigenvalue weighted by Gasteiger charge is 2.48. The van der Waals surface area contributed by atoms with Crippen LogP contribution in [0.5, 0.6) is 5.75 Å². The fraction of sp³-hybridized carbons (Fsp3) is 0.364. The molecule has 2 unspecified atom stereocenters. The maximum Gasteiger partial charge on any atom is 0.237 e. The van der Waals surface area contributed by atoms with Crippen molar-refractivity contribution >= 4 is 6.21 Å². The molecule has 1 aliphatic carbocycles. The van der Waals surface area contributed by atoms with E-state index in [4.69, 9.17) is 0 Å². The maximum absolute atomic E-state index is 10.4. The summed E-state index contributed by atoms with van der Waals surface area (Å²) >= 11 is 0. The highest BCUT2D eigenvalue weighted by molar-refractivity contribution is 5.84. The van der Waals surface area contributed by atoms with E-state index in [0.29, 0.717) is 12.0 Å². The van der Waals surface area contributed by atoms with Crippen molar-refractivity contribution in [2.45, 2.75) is 25.4 Å². The Kier molecular flexibility index (Phi) is 2.60. The maximum atomic E-state index is 10.4. The molecule has 0 saturated heterocycles. The zero-order valence-corrected chi connectivity index (χ0v) is 8.83. The summed E-state index contributed by atoms with van der Waals surface area (Å²) in [5.74, 6) is 0.185. The number of phenols is 1. The Morgan fingerprint density at radius 1 is 1.62 bits per heavy atom. The lowest BCUT2D eigenvalue weighted by molar-refractivity contribution is -0.495. The topological polar surface area (TPSA) is 75.7 Å². The third-order valence-corrected chi connectivity index (χ3v) is 2.67. The first-order chi connectivity index (χ1) is 7.59. The average molecular weight is 220 g/mol. The lowest BCUT2D eigenvalue weighted by Crippen LogP contribution is -2.04. The molecule has 2 rings (SSSR count). The summed E-state index contributed by atoms with van der Waals surface area (Å²) in [5, 5.41) is 20.1. The number of aromatic hydroxyl groups is 1. The molecule has 1 saturated carbocycles. The molecule has 16 heavy (non-hydrogen) atoms. The van der Waals surface area contributed by atoms with Gasteiger partial charge in [0.15, 0.2) is 0 Å². The summed E-state index contributed by atoms with van der Waals surface area (Å²) in [7, 11) is 0. The quantitative estimate of drug-likeness (QED) is 0.477. The van der Waals surface area contributed by atoms with Crippen LogP contribution in [-0.4, -0.2) is 28.3 Å². The Morgan fingerprint density at radius 2 is 2.38 bits per heavy atom. The molecule has 0 heterocycles. The van der Waals surface area contributed by atoms with Crippen LogP contribution in [0.25, 0.3) is 0 Å². The number of hydrogen-bond acceptors (Lipinski definition) is 4. The molecule has 0 aromatic heterocycles. The number of nitrogens with zero attached hydrogens (tertiary/aromatic N) is 2. The van der Waals surface area contributed by atoms with Crippen molar-refractivity contribution in [3.63, 3.8) is 0 Å². The third-order valence-electron chi connectivity index (χ3n) is 2.67. The van der Waals surface area contributed by atoms with Crippen molar-refractivity contribution in [1.82, 2.24) is 0 Å². The number of para-hydroxylation sites is 1. The number of benzene rings is 1. The smallest absolute Gasteiger partial charge is 0.237 e. The summed E-state index contributed by atoms with van der Waals surface area (Å²) in [5.41, 5.74) is 1.37. The molecule has 0 spiro atoms. The number of aliphatic imine (C=N–C) groups is 1. The van der Waals surface area contributed by atoms with Crippen molar-refractivity contribution in [1.29, 1.82) is 0 Å². The number of aryl methyl sites for hydroxylation is 1. The van der Waals surface area contributed by atoms with Gasteiger partial charge in [0.2, 0.25) is 6.04 Å². The molecular weight excluding hydrogens is 208 g/mol. The van der Waals surface area contributed by atoms with Crippen molar-refractivity contribution in [2.24, 2.45) is 4.99 Å². The van der Waals surface area contributed by atoms with Crippen molar-refractivity contribution in [3.8, 4) is 5.75 Å². The first-order valence-corrected chi connectivity index (χ1v) is 5.05. The van der Waals surface area contributed by atoms with E-state index in [9.17, 15) is 15.2 Å². The largest absolute Gasteiger partial charge is 0.507 e. The van der Waals surface area contributed by atoms with Crippen LogP contribution in [0.3, 0.4) is 0 Å². The van der Waals surface area contributed by atoms with Crippen LogP contribution in [0, 0.1) is 17.0 Å². The van der Waals surface area contributed by atoms with Crippen molar-refractivity contribution < 1.29 is 10.0 Å². The van der Waals surface area contributed by atoms with Gasteiger partial charge in [-0.3, -0.25) is 15.1 Å². The fourth-order valence-corrected chi connectivity index (χ4v) is 1.52. The first kappa shape index (κ1) is 10.6. The van der Waals surface area contributed by atoms with Gasteiger partial charge in [0, 0.05) is 23.1 Å². The molecule has 0 aliphatic heterocycles. The SMILES string of the molecule is Cc1cccc(C=NC2CC2[N+](=O)[O-])c1O. The minimum Gasteiger partial charge on any atom is -0.507 e. The standard InChI is InChI=1S/C11H12N2O3/c1-7-3-2-4-8(11(7)14)6-12-9-5-10(9)13(15)16/h2-4,6,9-10,14H,5H2,1H3. The minimum absolute atomic E-state index is 0.185. The molecule has 1 N–H and O–H groups in total. The summed E-state index contributed by atoms with van der Waals surface area (Å²) in [6.07, 6.45) is 2.01. The lowest BCUT2D eigenvalue weighted by atomic mass is 10.1.